The van der Waals surface area contributed by atoms with Crippen LogP contribution in [0.4, 0.5) is 4.39 Å². The van der Waals surface area contributed by atoms with E-state index in [1.54, 1.807) is 19.1 Å². The van der Waals surface area contributed by atoms with Gasteiger partial charge in [-0.05, 0) is 63.3 Å². The number of aryl methyl sites for hydroxylation is 1. The molecule has 5 nitrogen and oxygen atoms in total. The molecule has 32 heavy (non-hydrogen) atoms. The van der Waals surface area contributed by atoms with E-state index >= 15 is 0 Å². The van der Waals surface area contributed by atoms with Gasteiger partial charge in [0.05, 0.1) is 18.8 Å². The zero-order valence-electron chi connectivity index (χ0n) is 18.9. The number of halogens is 1. The van der Waals surface area contributed by atoms with Gasteiger partial charge in [0.1, 0.15) is 24.3 Å². The Hall–Kier alpha value is -2.44. The number of carbonyl (C=O) groups excluding carboxylic acids is 1. The molecule has 0 radical (unpaired) electrons. The van der Waals surface area contributed by atoms with Crippen molar-refractivity contribution in [3.05, 3.63) is 65.5 Å². The molecule has 2 bridgehead atoms. The van der Waals surface area contributed by atoms with E-state index in [4.69, 9.17) is 14.2 Å². The quantitative estimate of drug-likeness (QED) is 0.578. The number of esters is 1. The van der Waals surface area contributed by atoms with Crippen LogP contribution >= 0.6 is 0 Å². The second-order valence-corrected chi connectivity index (χ2v) is 9.27. The monoisotopic (exact) mass is 441 g/mol. The van der Waals surface area contributed by atoms with Gasteiger partial charge in [-0.15, -0.1) is 0 Å². The fraction of sp³-hybridized carbons (Fsp3) is 0.500. The summed E-state index contributed by atoms with van der Waals surface area (Å²) in [6.45, 7) is 2.54. The molecule has 0 aliphatic heterocycles. The van der Waals surface area contributed by atoms with E-state index in [-0.39, 0.29) is 35.5 Å². The molecular formula is C26H32FNO4. The molecule has 0 heterocycles. The predicted octanol–water partition coefficient (Wildman–Crippen LogP) is 4.56. The molecule has 0 saturated heterocycles. The maximum atomic E-state index is 13.9. The number of nitrogens with one attached hydrogen (secondary N) is 1. The Kier molecular flexibility index (Phi) is 6.82. The van der Waals surface area contributed by atoms with Crippen LogP contribution in [0.25, 0.3) is 0 Å². The van der Waals surface area contributed by atoms with Crippen molar-refractivity contribution in [1.29, 1.82) is 0 Å². The maximum Gasteiger partial charge on any atom is 0.332 e. The zero-order valence-corrected chi connectivity index (χ0v) is 18.9. The topological polar surface area (TPSA) is 56.8 Å². The molecule has 1 N–H and O–H groups in total. The second-order valence-electron chi connectivity index (χ2n) is 9.27. The molecule has 172 valence electrons. The van der Waals surface area contributed by atoms with E-state index < -0.39 is 0 Å². The molecule has 1 unspecified atom stereocenters. The zero-order chi connectivity index (χ0) is 22.6. The van der Waals surface area contributed by atoms with Crippen molar-refractivity contribution in [2.24, 2.45) is 5.41 Å². The SMILES string of the molecule is CNC12CCC(COc3ccc(C)c(F)c3)(CC1)CC2OC(=O)COCc1ccccc1. The Morgan fingerprint density at radius 3 is 2.56 bits per heavy atom. The Morgan fingerprint density at radius 1 is 1.12 bits per heavy atom. The van der Waals surface area contributed by atoms with Crippen molar-refractivity contribution in [1.82, 2.24) is 5.32 Å². The molecule has 1 atom stereocenters. The smallest absolute Gasteiger partial charge is 0.332 e. The lowest BCUT2D eigenvalue weighted by molar-refractivity contribution is -0.174. The molecule has 3 saturated carbocycles. The minimum atomic E-state index is -0.343. The Morgan fingerprint density at radius 2 is 1.88 bits per heavy atom. The lowest BCUT2D eigenvalue weighted by Gasteiger charge is -2.56. The first-order valence-corrected chi connectivity index (χ1v) is 11.3. The summed E-state index contributed by atoms with van der Waals surface area (Å²) in [5, 5.41) is 3.44. The van der Waals surface area contributed by atoms with E-state index in [1.165, 1.54) is 6.07 Å². The number of likely N-dealkylation sites (N-methyl/N-ethyl adjacent to an activating group) is 1. The van der Waals surface area contributed by atoms with Gasteiger partial charge in [0.25, 0.3) is 0 Å². The van der Waals surface area contributed by atoms with Crippen molar-refractivity contribution in [2.45, 2.75) is 57.3 Å². The first-order chi connectivity index (χ1) is 15.4. The van der Waals surface area contributed by atoms with Crippen LogP contribution in [-0.2, 0) is 20.9 Å². The van der Waals surface area contributed by atoms with E-state index in [0.717, 1.165) is 37.7 Å². The molecule has 0 aromatic heterocycles. The third-order valence-corrected chi connectivity index (χ3v) is 7.23. The average molecular weight is 442 g/mol. The summed E-state index contributed by atoms with van der Waals surface area (Å²) in [5.74, 6) is -0.0602. The van der Waals surface area contributed by atoms with E-state index in [0.29, 0.717) is 24.5 Å². The number of ether oxygens (including phenoxy) is 3. The first kappa shape index (κ1) is 22.7. The maximum absolute atomic E-state index is 13.9. The highest BCUT2D eigenvalue weighted by Gasteiger charge is 2.55. The van der Waals surface area contributed by atoms with Crippen molar-refractivity contribution in [3.8, 4) is 5.75 Å². The Labute approximate surface area is 189 Å². The van der Waals surface area contributed by atoms with E-state index in [9.17, 15) is 9.18 Å². The third kappa shape index (κ3) is 4.97. The van der Waals surface area contributed by atoms with Crippen LogP contribution in [0.2, 0.25) is 0 Å². The van der Waals surface area contributed by atoms with Gasteiger partial charge in [-0.25, -0.2) is 9.18 Å². The van der Waals surface area contributed by atoms with E-state index in [1.807, 2.05) is 37.4 Å². The first-order valence-electron chi connectivity index (χ1n) is 11.3. The molecule has 3 aliphatic carbocycles. The molecule has 2 aromatic rings. The molecule has 3 aliphatic rings. The van der Waals surface area contributed by atoms with Gasteiger partial charge in [0.2, 0.25) is 0 Å². The molecule has 5 rings (SSSR count). The summed E-state index contributed by atoms with van der Waals surface area (Å²) in [7, 11) is 1.94. The van der Waals surface area contributed by atoms with Crippen LogP contribution in [0, 0.1) is 18.2 Å². The molecule has 3 fully saturated rings. The van der Waals surface area contributed by atoms with Gasteiger partial charge in [0.15, 0.2) is 0 Å². The average Bonchev–Trinajstić information content (AvgIpc) is 2.81. The van der Waals surface area contributed by atoms with Crippen molar-refractivity contribution in [2.75, 3.05) is 20.3 Å². The second kappa shape index (κ2) is 9.59. The van der Waals surface area contributed by atoms with Crippen LogP contribution < -0.4 is 10.1 Å². The van der Waals surface area contributed by atoms with Gasteiger partial charge in [-0.1, -0.05) is 36.4 Å². The van der Waals surface area contributed by atoms with Gasteiger partial charge in [-0.3, -0.25) is 0 Å². The number of benzene rings is 2. The summed E-state index contributed by atoms with van der Waals surface area (Å²) < 4.78 is 31.4. The normalized spacial score (nSPS) is 26.7. The van der Waals surface area contributed by atoms with Crippen molar-refractivity contribution < 1.29 is 23.4 Å². The van der Waals surface area contributed by atoms with Crippen LogP contribution in [0.3, 0.4) is 0 Å². The van der Waals surface area contributed by atoms with Crippen LogP contribution in [0.5, 0.6) is 5.75 Å². The van der Waals surface area contributed by atoms with Gasteiger partial charge in [-0.2, -0.15) is 0 Å². The lowest BCUT2D eigenvalue weighted by atomic mass is 9.56. The van der Waals surface area contributed by atoms with Crippen molar-refractivity contribution in [3.63, 3.8) is 0 Å². The van der Waals surface area contributed by atoms with Crippen LogP contribution in [0.15, 0.2) is 48.5 Å². The molecule has 2 aromatic carbocycles. The highest BCUT2D eigenvalue weighted by Crippen LogP contribution is 2.53. The van der Waals surface area contributed by atoms with Gasteiger partial charge >= 0.3 is 5.97 Å². The highest BCUT2D eigenvalue weighted by molar-refractivity contribution is 5.71. The third-order valence-electron chi connectivity index (χ3n) is 7.23. The molecular weight excluding hydrogens is 409 g/mol. The fourth-order valence-electron chi connectivity index (χ4n) is 5.03. The number of fused-ring (bicyclic) bond motifs is 3. The summed E-state index contributed by atoms with van der Waals surface area (Å²) in [5.41, 5.74) is 1.35. The molecule has 0 spiro atoms. The Bertz CT molecular complexity index is 925. The fourth-order valence-corrected chi connectivity index (χ4v) is 5.03. The summed E-state index contributed by atoms with van der Waals surface area (Å²) in [6, 6.07) is 14.7. The Balaban J connectivity index is 1.34. The summed E-state index contributed by atoms with van der Waals surface area (Å²) >= 11 is 0. The largest absolute Gasteiger partial charge is 0.493 e. The lowest BCUT2D eigenvalue weighted by Crippen LogP contribution is -2.64. The standard InChI is InChI=1S/C26H32FNO4/c1-19-8-9-21(14-22(19)27)31-18-25-10-12-26(28-2,13-11-25)23(15-25)32-24(29)17-30-16-20-6-4-3-5-7-20/h3-9,14,23,28H,10-13,15-18H2,1-2H3. The predicted molar refractivity (Wildman–Crippen MR) is 120 cm³/mol. The van der Waals surface area contributed by atoms with Crippen LogP contribution in [-0.4, -0.2) is 37.9 Å². The number of hydrogen-bond donors (Lipinski definition) is 1. The molecule has 6 heteroatoms. The van der Waals surface area contributed by atoms with Gasteiger partial charge < -0.3 is 19.5 Å². The van der Waals surface area contributed by atoms with Gasteiger partial charge in [0, 0.05) is 11.5 Å². The van der Waals surface area contributed by atoms with Crippen molar-refractivity contribution >= 4 is 5.97 Å². The summed E-state index contributed by atoms with van der Waals surface area (Å²) in [4.78, 5) is 12.5. The van der Waals surface area contributed by atoms with Crippen LogP contribution in [0.1, 0.15) is 43.2 Å². The number of rotatable bonds is 9. The highest BCUT2D eigenvalue weighted by atomic mass is 19.1. The number of hydrogen-bond acceptors (Lipinski definition) is 5. The summed E-state index contributed by atoms with van der Waals surface area (Å²) in [6.07, 6.45) is 4.30. The molecule has 0 amide bonds. The number of carbonyl (C=O) groups is 1. The minimum Gasteiger partial charge on any atom is -0.493 e. The minimum absolute atomic E-state index is 0.0721. The van der Waals surface area contributed by atoms with E-state index in [2.05, 4.69) is 5.32 Å².